The third-order valence-electron chi connectivity index (χ3n) is 4.99. The zero-order chi connectivity index (χ0) is 21.1. The minimum absolute atomic E-state index is 0.0680. The second-order valence-electron chi connectivity index (χ2n) is 7.14. The van der Waals surface area contributed by atoms with E-state index in [1.54, 1.807) is 12.1 Å². The van der Waals surface area contributed by atoms with Crippen LogP contribution in [0.3, 0.4) is 0 Å². The van der Waals surface area contributed by atoms with Crippen molar-refractivity contribution in [2.75, 3.05) is 6.54 Å². The molecule has 1 amide bonds. The molecule has 3 rings (SSSR count). The standard InChI is InChI=1S/C21H21F3N2O3/c22-21(23,24)20(7-8-20)18(15-5-9-25-10-6-15)12-19(29)26-13-17(28)11-14-1-3-16(27)4-2-14/h1-6,9-10,12,17,27-28H,7-8,11,13H2,(H,26,29)/t17-/m0/s1. The fourth-order valence-electron chi connectivity index (χ4n) is 3.24. The minimum atomic E-state index is -4.46. The van der Waals surface area contributed by atoms with Crippen LogP contribution in [0.15, 0.2) is 54.9 Å². The molecule has 1 atom stereocenters. The van der Waals surface area contributed by atoms with Crippen molar-refractivity contribution in [1.29, 1.82) is 0 Å². The van der Waals surface area contributed by atoms with Gasteiger partial charge in [-0.15, -0.1) is 0 Å². The molecule has 3 N–H and O–H groups in total. The van der Waals surface area contributed by atoms with Crippen molar-refractivity contribution in [3.63, 3.8) is 0 Å². The molecule has 0 spiro atoms. The van der Waals surface area contributed by atoms with Gasteiger partial charge in [0, 0.05) is 31.4 Å². The maximum absolute atomic E-state index is 13.6. The minimum Gasteiger partial charge on any atom is -0.508 e. The third-order valence-corrected chi connectivity index (χ3v) is 4.99. The summed E-state index contributed by atoms with van der Waals surface area (Å²) >= 11 is 0. The number of aromatic hydroxyl groups is 1. The van der Waals surface area contributed by atoms with Gasteiger partial charge in [-0.05, 0) is 53.8 Å². The van der Waals surface area contributed by atoms with Crippen molar-refractivity contribution in [1.82, 2.24) is 10.3 Å². The molecule has 1 fully saturated rings. The molecule has 0 saturated heterocycles. The topological polar surface area (TPSA) is 82.5 Å². The summed E-state index contributed by atoms with van der Waals surface area (Å²) in [5, 5.41) is 21.8. The number of hydrogen-bond acceptors (Lipinski definition) is 4. The molecule has 8 heteroatoms. The number of halogens is 3. The smallest absolute Gasteiger partial charge is 0.398 e. The van der Waals surface area contributed by atoms with E-state index >= 15 is 0 Å². The third kappa shape index (κ3) is 4.95. The Kier molecular flexibility index (Phi) is 5.93. The first kappa shape index (κ1) is 20.9. The van der Waals surface area contributed by atoms with Crippen LogP contribution in [-0.2, 0) is 11.2 Å². The van der Waals surface area contributed by atoms with Crippen molar-refractivity contribution >= 4 is 11.5 Å². The summed E-state index contributed by atoms with van der Waals surface area (Å²) in [5.74, 6) is -0.596. The summed E-state index contributed by atoms with van der Waals surface area (Å²) in [5.41, 5.74) is -1.05. The Balaban J connectivity index is 1.69. The van der Waals surface area contributed by atoms with E-state index in [4.69, 9.17) is 0 Å². The number of phenolic OH excluding ortho intramolecular Hbond substituents is 1. The summed E-state index contributed by atoms with van der Waals surface area (Å²) in [6.07, 6.45) is -1.54. The molecule has 1 aromatic carbocycles. The second-order valence-corrected chi connectivity index (χ2v) is 7.14. The van der Waals surface area contributed by atoms with Crippen LogP contribution in [-0.4, -0.2) is 39.9 Å². The lowest BCUT2D eigenvalue weighted by molar-refractivity contribution is -0.168. The number of aliphatic hydroxyl groups is 1. The second kappa shape index (κ2) is 8.24. The van der Waals surface area contributed by atoms with Crippen LogP contribution >= 0.6 is 0 Å². The van der Waals surface area contributed by atoms with Gasteiger partial charge in [-0.3, -0.25) is 9.78 Å². The number of benzene rings is 1. The SMILES string of the molecule is O=C(C=C(c1ccncc1)C1(C(F)(F)F)CC1)NC[C@@H](O)Cc1ccc(O)cc1. The number of aromatic nitrogens is 1. The number of amides is 1. The number of hydrogen-bond donors (Lipinski definition) is 3. The molecule has 0 bridgehead atoms. The highest BCUT2D eigenvalue weighted by molar-refractivity contribution is 5.97. The number of pyridine rings is 1. The van der Waals surface area contributed by atoms with Crippen LogP contribution < -0.4 is 5.32 Å². The van der Waals surface area contributed by atoms with Crippen LogP contribution in [0, 0.1) is 5.41 Å². The van der Waals surface area contributed by atoms with E-state index in [-0.39, 0.29) is 37.1 Å². The van der Waals surface area contributed by atoms with Gasteiger partial charge in [0.25, 0.3) is 0 Å². The average Bonchev–Trinajstić information content (AvgIpc) is 3.49. The number of nitrogens with zero attached hydrogens (tertiary/aromatic N) is 1. The first-order valence-electron chi connectivity index (χ1n) is 9.14. The number of rotatable bonds is 7. The molecule has 1 aromatic heterocycles. The monoisotopic (exact) mass is 406 g/mol. The van der Waals surface area contributed by atoms with Crippen molar-refractivity contribution in [2.24, 2.45) is 5.41 Å². The van der Waals surface area contributed by atoms with Crippen molar-refractivity contribution in [3.8, 4) is 5.75 Å². The van der Waals surface area contributed by atoms with Gasteiger partial charge in [0.2, 0.25) is 5.91 Å². The van der Waals surface area contributed by atoms with Gasteiger partial charge >= 0.3 is 6.18 Å². The number of carbonyl (C=O) groups excluding carboxylic acids is 1. The summed E-state index contributed by atoms with van der Waals surface area (Å²) in [6.45, 7) is -0.112. The Hall–Kier alpha value is -2.87. The van der Waals surface area contributed by atoms with Gasteiger partial charge in [-0.25, -0.2) is 0 Å². The van der Waals surface area contributed by atoms with Crippen LogP contribution in [0.5, 0.6) is 5.75 Å². The molecule has 1 aliphatic rings. The molecule has 2 aromatic rings. The van der Waals surface area contributed by atoms with Crippen molar-refractivity contribution in [2.45, 2.75) is 31.5 Å². The highest BCUT2D eigenvalue weighted by Crippen LogP contribution is 2.64. The fraction of sp³-hybridized carbons (Fsp3) is 0.333. The number of phenols is 1. The fourth-order valence-corrected chi connectivity index (χ4v) is 3.24. The van der Waals surface area contributed by atoms with Crippen LogP contribution in [0.1, 0.15) is 24.0 Å². The zero-order valence-electron chi connectivity index (χ0n) is 15.5. The Morgan fingerprint density at radius 2 is 1.79 bits per heavy atom. The van der Waals surface area contributed by atoms with E-state index in [0.717, 1.165) is 11.6 Å². The molecule has 0 radical (unpaired) electrons. The summed E-state index contributed by atoms with van der Waals surface area (Å²) in [7, 11) is 0. The van der Waals surface area contributed by atoms with Gasteiger partial charge < -0.3 is 15.5 Å². The average molecular weight is 406 g/mol. The van der Waals surface area contributed by atoms with Gasteiger partial charge in [-0.1, -0.05) is 12.1 Å². The number of nitrogens with one attached hydrogen (secondary N) is 1. The first-order valence-corrected chi connectivity index (χ1v) is 9.14. The quantitative estimate of drug-likeness (QED) is 0.617. The molecule has 29 heavy (non-hydrogen) atoms. The Morgan fingerprint density at radius 3 is 2.34 bits per heavy atom. The van der Waals surface area contributed by atoms with E-state index in [1.807, 2.05) is 0 Å². The van der Waals surface area contributed by atoms with Crippen molar-refractivity contribution < 1.29 is 28.2 Å². The Morgan fingerprint density at radius 1 is 1.17 bits per heavy atom. The zero-order valence-corrected chi connectivity index (χ0v) is 15.5. The number of allylic oxidation sites excluding steroid dienone is 1. The number of carbonyl (C=O) groups is 1. The largest absolute Gasteiger partial charge is 0.508 e. The number of alkyl halides is 3. The van der Waals surface area contributed by atoms with E-state index in [1.165, 1.54) is 36.7 Å². The van der Waals surface area contributed by atoms with Crippen LogP contribution in [0.2, 0.25) is 0 Å². The molecular formula is C21H21F3N2O3. The lowest BCUT2D eigenvalue weighted by atomic mass is 9.89. The van der Waals surface area contributed by atoms with E-state index < -0.39 is 23.6 Å². The predicted octanol–water partition coefficient (Wildman–Crippen LogP) is 3.23. The molecule has 1 saturated carbocycles. The van der Waals surface area contributed by atoms with Gasteiger partial charge in [0.15, 0.2) is 0 Å². The van der Waals surface area contributed by atoms with E-state index in [0.29, 0.717) is 5.56 Å². The van der Waals surface area contributed by atoms with Gasteiger partial charge in [0.1, 0.15) is 5.75 Å². The maximum atomic E-state index is 13.6. The molecule has 0 unspecified atom stereocenters. The highest BCUT2D eigenvalue weighted by Gasteiger charge is 2.65. The summed E-state index contributed by atoms with van der Waals surface area (Å²) in [4.78, 5) is 16.1. The molecular weight excluding hydrogens is 385 g/mol. The molecule has 154 valence electrons. The predicted molar refractivity (Wildman–Crippen MR) is 101 cm³/mol. The van der Waals surface area contributed by atoms with Crippen molar-refractivity contribution in [3.05, 3.63) is 66.0 Å². The summed E-state index contributed by atoms with van der Waals surface area (Å²) in [6, 6.07) is 9.15. The van der Waals surface area contributed by atoms with Gasteiger partial charge in [0.05, 0.1) is 11.5 Å². The Bertz CT molecular complexity index is 876. The Labute approximate surface area is 165 Å². The van der Waals surface area contributed by atoms with E-state index in [2.05, 4.69) is 10.3 Å². The highest BCUT2D eigenvalue weighted by atomic mass is 19.4. The first-order chi connectivity index (χ1) is 13.7. The molecule has 5 nitrogen and oxygen atoms in total. The van der Waals surface area contributed by atoms with E-state index in [9.17, 15) is 28.2 Å². The summed E-state index contributed by atoms with van der Waals surface area (Å²) < 4.78 is 40.9. The van der Waals surface area contributed by atoms with Gasteiger partial charge in [-0.2, -0.15) is 13.2 Å². The normalized spacial score (nSPS) is 16.9. The number of aliphatic hydroxyl groups excluding tert-OH is 1. The maximum Gasteiger partial charge on any atom is 0.398 e. The molecule has 0 aliphatic heterocycles. The lowest BCUT2D eigenvalue weighted by Gasteiger charge is -2.23. The lowest BCUT2D eigenvalue weighted by Crippen LogP contribution is -2.33. The van der Waals surface area contributed by atoms with Crippen LogP contribution in [0.4, 0.5) is 13.2 Å². The molecule has 1 aliphatic carbocycles. The molecule has 1 heterocycles. The van der Waals surface area contributed by atoms with Crippen LogP contribution in [0.25, 0.3) is 5.57 Å².